The van der Waals surface area contributed by atoms with Gasteiger partial charge in [-0.15, -0.1) is 0 Å². The van der Waals surface area contributed by atoms with Gasteiger partial charge in [-0.05, 0) is 31.8 Å². The van der Waals surface area contributed by atoms with Crippen LogP contribution in [-0.4, -0.2) is 30.1 Å². The Bertz CT molecular complexity index is 449. The molecule has 4 nitrogen and oxygen atoms in total. The summed E-state index contributed by atoms with van der Waals surface area (Å²) in [5.74, 6) is 0. The van der Waals surface area contributed by atoms with Crippen LogP contribution in [0.3, 0.4) is 0 Å². The topological polar surface area (TPSA) is 55.8 Å². The first-order valence-electron chi connectivity index (χ1n) is 8.92. The van der Waals surface area contributed by atoms with Gasteiger partial charge in [-0.2, -0.15) is 0 Å². The first-order chi connectivity index (χ1) is 11.8. The molecule has 0 amide bonds. The molecule has 0 spiro atoms. The van der Waals surface area contributed by atoms with E-state index in [1.807, 2.05) is 30.4 Å². The Morgan fingerprint density at radius 3 is 2.46 bits per heavy atom. The molecule has 1 heterocycles. The van der Waals surface area contributed by atoms with Crippen molar-refractivity contribution in [2.45, 2.75) is 64.1 Å². The van der Waals surface area contributed by atoms with E-state index >= 15 is 0 Å². The number of carbonyl (C=O) groups is 1. The van der Waals surface area contributed by atoms with Crippen molar-refractivity contribution in [3.05, 3.63) is 48.6 Å². The highest BCUT2D eigenvalue weighted by molar-refractivity contribution is 5.63. The van der Waals surface area contributed by atoms with E-state index in [2.05, 4.69) is 19.1 Å². The van der Waals surface area contributed by atoms with Gasteiger partial charge in [0, 0.05) is 6.61 Å². The van der Waals surface area contributed by atoms with Crippen molar-refractivity contribution >= 4 is 6.16 Å². The molecule has 2 atom stereocenters. The molecule has 24 heavy (non-hydrogen) atoms. The highest BCUT2D eigenvalue weighted by Gasteiger charge is 2.33. The maximum Gasteiger partial charge on any atom is 0.509 e. The van der Waals surface area contributed by atoms with Crippen molar-refractivity contribution in [1.29, 1.82) is 0 Å². The average molecular weight is 334 g/mol. The summed E-state index contributed by atoms with van der Waals surface area (Å²) in [6.07, 6.45) is 21.9. The molecule has 0 radical (unpaired) electrons. The second kappa shape index (κ2) is 13.6. The molecule has 1 aliphatic rings. The van der Waals surface area contributed by atoms with Crippen LogP contribution in [0.5, 0.6) is 0 Å². The number of cyclic esters (lactones) is 2. The van der Waals surface area contributed by atoms with Gasteiger partial charge in [-0.1, -0.05) is 68.7 Å². The summed E-state index contributed by atoms with van der Waals surface area (Å²) in [6.45, 7) is 2.31. The molecule has 134 valence electrons. The largest absolute Gasteiger partial charge is 0.509 e. The van der Waals surface area contributed by atoms with E-state index in [1.54, 1.807) is 6.08 Å². The maximum absolute atomic E-state index is 11.2. The average Bonchev–Trinajstić information content (AvgIpc) is 2.93. The third-order valence-electron chi connectivity index (χ3n) is 3.71. The number of ether oxygens (including phenoxy) is 2. The smallest absolute Gasteiger partial charge is 0.427 e. The summed E-state index contributed by atoms with van der Waals surface area (Å²) in [5.41, 5.74) is 0. The SMILES string of the molecule is CCCCCC/C=C/C=C\C=C\C=C\[C@H]1OC(=O)O[C@H]1CCCO. The molecule has 1 rings (SSSR count). The van der Waals surface area contributed by atoms with Crippen LogP contribution in [0.25, 0.3) is 0 Å². The van der Waals surface area contributed by atoms with Gasteiger partial charge in [0.15, 0.2) is 6.10 Å². The highest BCUT2D eigenvalue weighted by atomic mass is 16.8. The predicted molar refractivity (Wildman–Crippen MR) is 96.8 cm³/mol. The first-order valence-corrected chi connectivity index (χ1v) is 8.92. The van der Waals surface area contributed by atoms with Crippen LogP contribution in [-0.2, 0) is 9.47 Å². The molecule has 0 aliphatic carbocycles. The second-order valence-corrected chi connectivity index (χ2v) is 5.79. The van der Waals surface area contributed by atoms with E-state index in [-0.39, 0.29) is 18.8 Å². The Hall–Kier alpha value is -1.81. The molecule has 4 heteroatoms. The molecule has 1 N–H and O–H groups in total. The lowest BCUT2D eigenvalue weighted by atomic mass is 10.1. The maximum atomic E-state index is 11.2. The van der Waals surface area contributed by atoms with Crippen molar-refractivity contribution in [2.24, 2.45) is 0 Å². The van der Waals surface area contributed by atoms with Gasteiger partial charge >= 0.3 is 6.16 Å². The minimum absolute atomic E-state index is 0.0846. The molecule has 1 aliphatic heterocycles. The quantitative estimate of drug-likeness (QED) is 0.315. The standard InChI is InChI=1S/C20H30O4/c1-2-3-4-5-6-7-8-9-10-11-12-13-15-18-19(16-14-17-21)24-20(22)23-18/h7-13,15,18-19,21H,2-6,14,16-17H2,1H3/b8-7+,10-9-,12-11+,15-13+/t18-,19+/m1/s1. The van der Waals surface area contributed by atoms with E-state index in [0.29, 0.717) is 12.8 Å². The number of aliphatic hydroxyl groups excluding tert-OH is 1. The summed E-state index contributed by atoms with van der Waals surface area (Å²) in [5, 5.41) is 8.84. The van der Waals surface area contributed by atoms with Crippen molar-refractivity contribution < 1.29 is 19.4 Å². The van der Waals surface area contributed by atoms with Gasteiger partial charge in [0.05, 0.1) is 0 Å². The molecule has 0 aromatic carbocycles. The minimum atomic E-state index is -0.638. The molecule has 0 aromatic rings. The predicted octanol–water partition coefficient (Wildman–Crippen LogP) is 4.86. The lowest BCUT2D eigenvalue weighted by Crippen LogP contribution is -2.20. The fourth-order valence-electron chi connectivity index (χ4n) is 2.38. The molecule has 0 aromatic heterocycles. The molecule has 0 saturated carbocycles. The van der Waals surface area contributed by atoms with Crippen LogP contribution in [0, 0.1) is 0 Å². The van der Waals surface area contributed by atoms with Crippen LogP contribution >= 0.6 is 0 Å². The van der Waals surface area contributed by atoms with Gasteiger partial charge < -0.3 is 14.6 Å². The zero-order valence-electron chi connectivity index (χ0n) is 14.6. The van der Waals surface area contributed by atoms with Crippen molar-refractivity contribution in [3.63, 3.8) is 0 Å². The normalized spacial score (nSPS) is 21.5. The fraction of sp³-hybridized carbons (Fsp3) is 0.550. The molecular formula is C20H30O4. The molecule has 1 saturated heterocycles. The number of carbonyl (C=O) groups excluding carboxylic acids is 1. The van der Waals surface area contributed by atoms with Crippen molar-refractivity contribution in [2.75, 3.05) is 6.61 Å². The second-order valence-electron chi connectivity index (χ2n) is 5.79. The number of hydrogen-bond donors (Lipinski definition) is 1. The summed E-state index contributed by atoms with van der Waals surface area (Å²) in [7, 11) is 0. The van der Waals surface area contributed by atoms with Crippen LogP contribution in [0.2, 0.25) is 0 Å². The summed E-state index contributed by atoms with van der Waals surface area (Å²) in [4.78, 5) is 11.2. The van der Waals surface area contributed by atoms with Crippen molar-refractivity contribution in [3.8, 4) is 0 Å². The van der Waals surface area contributed by atoms with E-state index in [9.17, 15) is 4.79 Å². The number of hydrogen-bond acceptors (Lipinski definition) is 4. The minimum Gasteiger partial charge on any atom is -0.427 e. The van der Waals surface area contributed by atoms with E-state index in [0.717, 1.165) is 6.42 Å². The van der Waals surface area contributed by atoms with Crippen molar-refractivity contribution in [1.82, 2.24) is 0 Å². The monoisotopic (exact) mass is 334 g/mol. The first kappa shape index (κ1) is 20.2. The Labute approximate surface area is 145 Å². The Balaban J connectivity index is 2.22. The Kier molecular flexibility index (Phi) is 11.5. The van der Waals surface area contributed by atoms with Gasteiger partial charge in [0.25, 0.3) is 0 Å². The van der Waals surface area contributed by atoms with Gasteiger partial charge in [-0.3, -0.25) is 0 Å². The van der Waals surface area contributed by atoms with Gasteiger partial charge in [0.2, 0.25) is 0 Å². The van der Waals surface area contributed by atoms with Gasteiger partial charge in [0.1, 0.15) is 6.10 Å². The number of aliphatic hydroxyl groups is 1. The number of rotatable bonds is 12. The molecule has 0 bridgehead atoms. The summed E-state index contributed by atoms with van der Waals surface area (Å²) >= 11 is 0. The highest BCUT2D eigenvalue weighted by Crippen LogP contribution is 2.20. The summed E-state index contributed by atoms with van der Waals surface area (Å²) in [6, 6.07) is 0. The fourth-order valence-corrected chi connectivity index (χ4v) is 2.38. The van der Waals surface area contributed by atoms with E-state index in [1.165, 1.54) is 25.7 Å². The lowest BCUT2D eigenvalue weighted by Gasteiger charge is -2.10. The molecule has 0 unspecified atom stereocenters. The van der Waals surface area contributed by atoms with Crippen LogP contribution < -0.4 is 0 Å². The van der Waals surface area contributed by atoms with Crippen LogP contribution in [0.15, 0.2) is 48.6 Å². The Morgan fingerprint density at radius 1 is 0.958 bits per heavy atom. The lowest BCUT2D eigenvalue weighted by molar-refractivity contribution is 0.113. The Morgan fingerprint density at radius 2 is 1.71 bits per heavy atom. The van der Waals surface area contributed by atoms with Gasteiger partial charge in [-0.25, -0.2) is 4.79 Å². The van der Waals surface area contributed by atoms with Crippen LogP contribution in [0.1, 0.15) is 51.9 Å². The molecular weight excluding hydrogens is 304 g/mol. The number of allylic oxidation sites excluding steroid dienone is 7. The third kappa shape index (κ3) is 9.36. The number of unbranched alkanes of at least 4 members (excludes halogenated alkanes) is 4. The zero-order valence-corrected chi connectivity index (χ0v) is 14.6. The zero-order chi connectivity index (χ0) is 17.5. The van der Waals surface area contributed by atoms with E-state index < -0.39 is 6.16 Å². The summed E-state index contributed by atoms with van der Waals surface area (Å²) < 4.78 is 10.1. The third-order valence-corrected chi connectivity index (χ3v) is 3.71. The van der Waals surface area contributed by atoms with Crippen LogP contribution in [0.4, 0.5) is 4.79 Å². The van der Waals surface area contributed by atoms with E-state index in [4.69, 9.17) is 14.6 Å². The molecule has 1 fully saturated rings.